The van der Waals surface area contributed by atoms with Crippen molar-refractivity contribution in [2.75, 3.05) is 0 Å². The number of nitrogens with zero attached hydrogens (tertiary/aromatic N) is 5. The summed E-state index contributed by atoms with van der Waals surface area (Å²) >= 11 is 9.80. The molecule has 0 fully saturated rings. The second-order valence-corrected chi connectivity index (χ2v) is 6.55. The molecule has 0 radical (unpaired) electrons. The largest absolute Gasteiger partial charge is 0.326 e. The lowest BCUT2D eigenvalue weighted by Crippen LogP contribution is -2.09. The Morgan fingerprint density at radius 3 is 2.86 bits per heavy atom. The smallest absolute Gasteiger partial charge is 0.134 e. The zero-order valence-corrected chi connectivity index (χ0v) is 14.1. The molecule has 21 heavy (non-hydrogen) atoms. The summed E-state index contributed by atoms with van der Waals surface area (Å²) in [4.78, 5) is 4.64. The normalized spacial score (nSPS) is 13.0. The van der Waals surface area contributed by atoms with E-state index >= 15 is 0 Å². The van der Waals surface area contributed by atoms with Crippen LogP contribution in [-0.2, 0) is 20.0 Å². The van der Waals surface area contributed by atoms with Crippen molar-refractivity contribution in [2.45, 2.75) is 25.3 Å². The first-order valence-electron chi connectivity index (χ1n) is 6.69. The van der Waals surface area contributed by atoms with Crippen LogP contribution in [0.25, 0.3) is 11.0 Å². The van der Waals surface area contributed by atoms with Gasteiger partial charge in [-0.05, 0) is 25.1 Å². The van der Waals surface area contributed by atoms with Gasteiger partial charge in [-0.2, -0.15) is 0 Å². The predicted octanol–water partition coefficient (Wildman–Crippen LogP) is 3.47. The highest BCUT2D eigenvalue weighted by molar-refractivity contribution is 9.10. The van der Waals surface area contributed by atoms with Gasteiger partial charge in [0.1, 0.15) is 18.0 Å². The maximum atomic E-state index is 6.28. The number of rotatable bonds is 4. The third kappa shape index (κ3) is 2.82. The van der Waals surface area contributed by atoms with Gasteiger partial charge in [-0.1, -0.05) is 15.9 Å². The zero-order chi connectivity index (χ0) is 15.0. The van der Waals surface area contributed by atoms with Gasteiger partial charge in [0.25, 0.3) is 0 Å². The second-order valence-electron chi connectivity index (χ2n) is 4.98. The fraction of sp³-hybridized carbons (Fsp3) is 0.357. The molecule has 0 amide bonds. The Hall–Kier alpha value is -1.40. The zero-order valence-electron chi connectivity index (χ0n) is 11.8. The van der Waals surface area contributed by atoms with Crippen molar-refractivity contribution in [3.05, 3.63) is 40.6 Å². The molecule has 0 saturated heterocycles. The Morgan fingerprint density at radius 2 is 2.19 bits per heavy atom. The molecule has 0 aliphatic rings. The first kappa shape index (κ1) is 14.5. The number of aryl methyl sites for hydroxylation is 3. The Balaban J connectivity index is 2.00. The van der Waals surface area contributed by atoms with Crippen molar-refractivity contribution in [3.8, 4) is 0 Å². The van der Waals surface area contributed by atoms with Crippen molar-refractivity contribution in [2.24, 2.45) is 7.05 Å². The first-order chi connectivity index (χ1) is 10.1. The summed E-state index contributed by atoms with van der Waals surface area (Å²) in [6.07, 6.45) is 2.49. The number of benzene rings is 1. The van der Waals surface area contributed by atoms with Crippen molar-refractivity contribution >= 4 is 38.6 Å². The van der Waals surface area contributed by atoms with Gasteiger partial charge >= 0.3 is 0 Å². The summed E-state index contributed by atoms with van der Waals surface area (Å²) in [5, 5.41) is 7.89. The van der Waals surface area contributed by atoms with Crippen molar-refractivity contribution in [1.82, 2.24) is 24.3 Å². The van der Waals surface area contributed by atoms with E-state index in [1.165, 1.54) is 0 Å². The summed E-state index contributed by atoms with van der Waals surface area (Å²) in [5.41, 5.74) is 2.03. The van der Waals surface area contributed by atoms with E-state index in [2.05, 4.69) is 41.7 Å². The Labute approximate surface area is 136 Å². The minimum absolute atomic E-state index is 0.143. The average molecular weight is 369 g/mol. The standard InChI is InChI=1S/C14H15BrClN5/c1-9(16)14-18-11-4-3-10(15)7-12(11)21(14)6-5-13-19-17-8-20(13)2/h3-4,7-9H,5-6H2,1-2H3. The minimum atomic E-state index is -0.143. The molecule has 0 spiro atoms. The number of hydrogen-bond acceptors (Lipinski definition) is 3. The van der Waals surface area contributed by atoms with Crippen molar-refractivity contribution < 1.29 is 0 Å². The van der Waals surface area contributed by atoms with Crippen LogP contribution in [0.4, 0.5) is 0 Å². The lowest BCUT2D eigenvalue weighted by molar-refractivity contribution is 0.632. The Kier molecular flexibility index (Phi) is 3.99. The lowest BCUT2D eigenvalue weighted by Gasteiger charge is -2.10. The Morgan fingerprint density at radius 1 is 1.38 bits per heavy atom. The van der Waals surface area contributed by atoms with Crippen LogP contribution in [0, 0.1) is 0 Å². The van der Waals surface area contributed by atoms with E-state index in [9.17, 15) is 0 Å². The van der Waals surface area contributed by atoms with E-state index < -0.39 is 0 Å². The number of fused-ring (bicyclic) bond motifs is 1. The quantitative estimate of drug-likeness (QED) is 0.663. The molecule has 5 nitrogen and oxygen atoms in total. The number of alkyl halides is 1. The topological polar surface area (TPSA) is 48.5 Å². The fourth-order valence-electron chi connectivity index (χ4n) is 2.40. The molecule has 0 aliphatic carbocycles. The summed E-state index contributed by atoms with van der Waals surface area (Å²) in [7, 11) is 1.95. The molecule has 1 unspecified atom stereocenters. The van der Waals surface area contributed by atoms with Crippen molar-refractivity contribution in [1.29, 1.82) is 0 Å². The van der Waals surface area contributed by atoms with Gasteiger partial charge in [-0.3, -0.25) is 0 Å². The second kappa shape index (κ2) is 5.77. The van der Waals surface area contributed by atoms with E-state index in [0.717, 1.165) is 40.1 Å². The fourth-order valence-corrected chi connectivity index (χ4v) is 2.91. The maximum absolute atomic E-state index is 6.28. The van der Waals surface area contributed by atoms with Gasteiger partial charge in [0.15, 0.2) is 0 Å². The van der Waals surface area contributed by atoms with Crippen LogP contribution in [0.1, 0.15) is 23.9 Å². The van der Waals surface area contributed by atoms with Crippen LogP contribution >= 0.6 is 27.5 Å². The van der Waals surface area contributed by atoms with Gasteiger partial charge < -0.3 is 9.13 Å². The number of halogens is 2. The molecule has 2 heterocycles. The number of imidazole rings is 1. The third-order valence-corrected chi connectivity index (χ3v) is 4.15. The third-order valence-electron chi connectivity index (χ3n) is 3.46. The minimum Gasteiger partial charge on any atom is -0.326 e. The van der Waals surface area contributed by atoms with Crippen LogP contribution in [0.5, 0.6) is 0 Å². The highest BCUT2D eigenvalue weighted by atomic mass is 79.9. The summed E-state index contributed by atoms with van der Waals surface area (Å²) < 4.78 is 5.12. The molecule has 1 atom stereocenters. The van der Waals surface area contributed by atoms with Gasteiger partial charge in [-0.15, -0.1) is 21.8 Å². The Bertz CT molecular complexity index is 777. The molecule has 3 rings (SSSR count). The highest BCUT2D eigenvalue weighted by Crippen LogP contribution is 2.27. The molecular formula is C14H15BrClN5. The summed E-state index contributed by atoms with van der Waals surface area (Å²) in [6, 6.07) is 6.06. The molecular weight excluding hydrogens is 354 g/mol. The maximum Gasteiger partial charge on any atom is 0.134 e. The van der Waals surface area contributed by atoms with Crippen LogP contribution in [0.3, 0.4) is 0 Å². The number of aromatic nitrogens is 5. The average Bonchev–Trinajstić information content (AvgIpc) is 3.00. The van der Waals surface area contributed by atoms with Crippen LogP contribution in [0.2, 0.25) is 0 Å². The summed E-state index contributed by atoms with van der Waals surface area (Å²) in [5.74, 6) is 1.83. The van der Waals surface area contributed by atoms with Crippen LogP contribution in [0.15, 0.2) is 29.0 Å². The highest BCUT2D eigenvalue weighted by Gasteiger charge is 2.15. The van der Waals surface area contributed by atoms with Gasteiger partial charge in [0, 0.05) is 24.5 Å². The molecule has 3 aromatic rings. The van der Waals surface area contributed by atoms with E-state index in [4.69, 9.17) is 11.6 Å². The van der Waals surface area contributed by atoms with E-state index in [1.54, 1.807) is 6.33 Å². The molecule has 110 valence electrons. The van der Waals surface area contributed by atoms with E-state index in [-0.39, 0.29) is 5.38 Å². The van der Waals surface area contributed by atoms with Crippen LogP contribution in [-0.4, -0.2) is 24.3 Å². The lowest BCUT2D eigenvalue weighted by atomic mass is 10.3. The van der Waals surface area contributed by atoms with Crippen molar-refractivity contribution in [3.63, 3.8) is 0 Å². The molecule has 7 heteroatoms. The SMILES string of the molecule is CC(Cl)c1nc2ccc(Br)cc2n1CCc1nncn1C. The molecule has 2 aromatic heterocycles. The first-order valence-corrected chi connectivity index (χ1v) is 7.92. The molecule has 0 aliphatic heterocycles. The van der Waals surface area contributed by atoms with Gasteiger partial charge in [0.2, 0.25) is 0 Å². The monoisotopic (exact) mass is 367 g/mol. The predicted molar refractivity (Wildman–Crippen MR) is 86.4 cm³/mol. The van der Waals surface area contributed by atoms with E-state index in [1.807, 2.05) is 30.7 Å². The van der Waals surface area contributed by atoms with E-state index in [0.29, 0.717) is 0 Å². The van der Waals surface area contributed by atoms with Gasteiger partial charge in [0.05, 0.1) is 16.4 Å². The molecule has 0 N–H and O–H groups in total. The van der Waals surface area contributed by atoms with Crippen LogP contribution < -0.4 is 0 Å². The molecule has 0 saturated carbocycles. The number of hydrogen-bond donors (Lipinski definition) is 0. The molecule has 1 aromatic carbocycles. The molecule has 0 bridgehead atoms. The summed E-state index contributed by atoms with van der Waals surface area (Å²) in [6.45, 7) is 2.71. The van der Waals surface area contributed by atoms with Gasteiger partial charge in [-0.25, -0.2) is 4.98 Å².